The van der Waals surface area contributed by atoms with Crippen molar-refractivity contribution in [3.63, 3.8) is 0 Å². The summed E-state index contributed by atoms with van der Waals surface area (Å²) < 4.78 is 45.4. The minimum atomic E-state index is -3.95. The first-order valence-corrected chi connectivity index (χ1v) is 11.0. The molecule has 2 aromatic carbocycles. The number of hydrogen-bond acceptors (Lipinski definition) is 5. The van der Waals surface area contributed by atoms with E-state index in [1.54, 1.807) is 31.4 Å². The number of nitrogens with zero attached hydrogens (tertiary/aromatic N) is 2. The molecule has 0 saturated carbocycles. The molecule has 2 aliphatic heterocycles. The van der Waals surface area contributed by atoms with Crippen LogP contribution in [0.3, 0.4) is 0 Å². The average Bonchev–Trinajstić information content (AvgIpc) is 3.34. The summed E-state index contributed by atoms with van der Waals surface area (Å²) in [6.07, 6.45) is 1.06. The first-order valence-electron chi connectivity index (χ1n) is 9.58. The normalized spacial score (nSPS) is 19.4. The van der Waals surface area contributed by atoms with Gasteiger partial charge in [0.05, 0.1) is 35.8 Å². The number of ketones is 1. The second-order valence-electron chi connectivity index (χ2n) is 7.31. The number of hydrogen-bond donors (Lipinski definition) is 0. The molecular formula is C21H21FN2O5S. The first-order chi connectivity index (χ1) is 14.4. The molecule has 2 aromatic rings. The van der Waals surface area contributed by atoms with Crippen LogP contribution in [-0.4, -0.2) is 50.8 Å². The molecule has 0 N–H and O–H groups in total. The first kappa shape index (κ1) is 20.5. The summed E-state index contributed by atoms with van der Waals surface area (Å²) in [7, 11) is -2.40. The Bertz CT molecular complexity index is 1100. The topological polar surface area (TPSA) is 84.0 Å². The minimum Gasteiger partial charge on any atom is -0.497 e. The van der Waals surface area contributed by atoms with E-state index in [0.717, 1.165) is 9.87 Å². The van der Waals surface area contributed by atoms with E-state index in [2.05, 4.69) is 0 Å². The Morgan fingerprint density at radius 3 is 2.53 bits per heavy atom. The molecule has 0 aliphatic carbocycles. The van der Waals surface area contributed by atoms with Crippen LogP contribution in [0.5, 0.6) is 5.75 Å². The maximum absolute atomic E-state index is 13.2. The van der Waals surface area contributed by atoms with E-state index in [-0.39, 0.29) is 23.5 Å². The number of benzene rings is 2. The number of fused-ring (bicyclic) bond motifs is 1. The predicted molar refractivity (Wildman–Crippen MR) is 108 cm³/mol. The fraction of sp³-hybridized carbons (Fsp3) is 0.333. The van der Waals surface area contributed by atoms with Gasteiger partial charge in [0.1, 0.15) is 12.4 Å². The third kappa shape index (κ3) is 3.37. The quantitative estimate of drug-likeness (QED) is 0.657. The summed E-state index contributed by atoms with van der Waals surface area (Å²) in [6, 6.07) is 10.5. The van der Waals surface area contributed by atoms with Crippen LogP contribution in [0.25, 0.3) is 0 Å². The molecule has 1 atom stereocenters. The van der Waals surface area contributed by atoms with Gasteiger partial charge < -0.3 is 9.64 Å². The summed E-state index contributed by atoms with van der Waals surface area (Å²) in [5.74, 6) is -0.788. The maximum atomic E-state index is 13.2. The highest BCUT2D eigenvalue weighted by Crippen LogP contribution is 2.34. The summed E-state index contributed by atoms with van der Waals surface area (Å²) in [6.45, 7) is -0.342. The number of amides is 1. The monoisotopic (exact) mass is 431 g/mol. The van der Waals surface area contributed by atoms with Gasteiger partial charge in [-0.1, -0.05) is 12.1 Å². The van der Waals surface area contributed by atoms with Crippen LogP contribution in [0.4, 0.5) is 10.1 Å². The number of sulfonamides is 1. The second-order valence-corrected chi connectivity index (χ2v) is 9.20. The Hall–Kier alpha value is -2.78. The number of Topliss-reactive ketones (excluding diaryl/α,β-unsaturated/α-hetero) is 1. The number of halogens is 1. The van der Waals surface area contributed by atoms with Crippen LogP contribution >= 0.6 is 0 Å². The smallest absolute Gasteiger partial charge is 0.299 e. The summed E-state index contributed by atoms with van der Waals surface area (Å²) in [4.78, 5) is 26.3. The number of ether oxygens (including phenoxy) is 1. The summed E-state index contributed by atoms with van der Waals surface area (Å²) >= 11 is 0. The zero-order valence-corrected chi connectivity index (χ0v) is 17.2. The number of methoxy groups -OCH3 is 1. The Morgan fingerprint density at radius 2 is 1.87 bits per heavy atom. The zero-order valence-electron chi connectivity index (χ0n) is 16.4. The number of rotatable bonds is 6. The van der Waals surface area contributed by atoms with Gasteiger partial charge in [0, 0.05) is 6.54 Å². The van der Waals surface area contributed by atoms with Crippen molar-refractivity contribution in [2.45, 2.75) is 30.3 Å². The zero-order chi connectivity index (χ0) is 21.5. The second kappa shape index (κ2) is 7.81. The Balaban J connectivity index is 1.65. The van der Waals surface area contributed by atoms with E-state index >= 15 is 0 Å². The Labute approximate surface area is 174 Å². The third-order valence-electron chi connectivity index (χ3n) is 5.55. The van der Waals surface area contributed by atoms with Crippen molar-refractivity contribution in [1.29, 1.82) is 0 Å². The van der Waals surface area contributed by atoms with Gasteiger partial charge in [-0.2, -0.15) is 4.31 Å². The van der Waals surface area contributed by atoms with Gasteiger partial charge in [0.2, 0.25) is 10.0 Å². The van der Waals surface area contributed by atoms with Crippen LogP contribution in [0, 0.1) is 0 Å². The fourth-order valence-electron chi connectivity index (χ4n) is 3.93. The lowest BCUT2D eigenvalue weighted by atomic mass is 10.1. The van der Waals surface area contributed by atoms with Crippen LogP contribution in [0.2, 0.25) is 0 Å². The molecule has 1 saturated heterocycles. The standard InChI is InChI=1S/C21H21FN2O5S/c1-29-16-6-4-14(5-7-16)13-23-19-9-8-17(11-18(19)20(25)21(23)26)30(27,28)24-10-2-3-15(24)12-22/h4-9,11,15H,2-3,10,12-13H2,1H3/t15-/m0/s1/i22-1. The number of alkyl halides is 1. The molecule has 4 rings (SSSR count). The highest BCUT2D eigenvalue weighted by Gasteiger charge is 2.39. The molecule has 158 valence electrons. The molecule has 7 nitrogen and oxygen atoms in total. The summed E-state index contributed by atoms with van der Waals surface area (Å²) in [5.41, 5.74) is 1.21. The van der Waals surface area contributed by atoms with E-state index in [4.69, 9.17) is 4.74 Å². The third-order valence-corrected chi connectivity index (χ3v) is 7.50. The van der Waals surface area contributed by atoms with Crippen LogP contribution in [-0.2, 0) is 21.4 Å². The van der Waals surface area contributed by atoms with Gasteiger partial charge in [-0.05, 0) is 48.7 Å². The summed E-state index contributed by atoms with van der Waals surface area (Å²) in [5, 5.41) is 0. The van der Waals surface area contributed by atoms with E-state index in [9.17, 15) is 22.4 Å². The fourth-order valence-corrected chi connectivity index (χ4v) is 5.63. The maximum Gasteiger partial charge on any atom is 0.299 e. The lowest BCUT2D eigenvalue weighted by molar-refractivity contribution is -0.114. The van der Waals surface area contributed by atoms with E-state index in [0.29, 0.717) is 24.3 Å². The number of carbonyl (C=O) groups excluding carboxylic acids is 2. The van der Waals surface area contributed by atoms with E-state index in [1.165, 1.54) is 23.1 Å². The molecule has 1 amide bonds. The SMILES string of the molecule is COc1ccc(CN2C(=O)C(=O)c3cc(S(=O)(=O)N4CCC[C@H]4C[18F])ccc32)cc1. The number of carbonyl (C=O) groups is 2. The molecule has 2 heterocycles. The van der Waals surface area contributed by atoms with Crippen LogP contribution in [0.15, 0.2) is 47.4 Å². The predicted octanol–water partition coefficient (Wildman–Crippen LogP) is 2.55. The van der Waals surface area contributed by atoms with Crippen molar-refractivity contribution >= 4 is 27.4 Å². The Kier molecular flexibility index (Phi) is 5.33. The molecule has 0 aromatic heterocycles. The highest BCUT2D eigenvalue weighted by molar-refractivity contribution is 7.89. The molecule has 0 bridgehead atoms. The van der Waals surface area contributed by atoms with Crippen molar-refractivity contribution in [2.75, 3.05) is 25.2 Å². The molecule has 9 heteroatoms. The molecule has 1 fully saturated rings. The molecule has 30 heavy (non-hydrogen) atoms. The lowest BCUT2D eigenvalue weighted by Crippen LogP contribution is -2.36. The van der Waals surface area contributed by atoms with Gasteiger partial charge in [-0.25, -0.2) is 12.8 Å². The largest absolute Gasteiger partial charge is 0.497 e. The van der Waals surface area contributed by atoms with E-state index < -0.39 is 34.4 Å². The molecule has 2 aliphatic rings. The van der Waals surface area contributed by atoms with Crippen molar-refractivity contribution in [2.24, 2.45) is 0 Å². The van der Waals surface area contributed by atoms with Gasteiger partial charge in [0.15, 0.2) is 0 Å². The molecule has 0 radical (unpaired) electrons. The van der Waals surface area contributed by atoms with Gasteiger partial charge in [-0.3, -0.25) is 9.59 Å². The molecule has 0 spiro atoms. The average molecular weight is 431 g/mol. The lowest BCUT2D eigenvalue weighted by Gasteiger charge is -2.22. The van der Waals surface area contributed by atoms with Crippen molar-refractivity contribution in [3.05, 3.63) is 53.6 Å². The van der Waals surface area contributed by atoms with Crippen LogP contribution < -0.4 is 9.64 Å². The van der Waals surface area contributed by atoms with E-state index in [1.807, 2.05) is 0 Å². The minimum absolute atomic E-state index is 0.0468. The Morgan fingerprint density at radius 1 is 1.13 bits per heavy atom. The van der Waals surface area contributed by atoms with Crippen LogP contribution in [0.1, 0.15) is 28.8 Å². The highest BCUT2D eigenvalue weighted by atomic mass is 32.2. The van der Waals surface area contributed by atoms with Crippen molar-refractivity contribution in [1.82, 2.24) is 4.31 Å². The molecular weight excluding hydrogens is 410 g/mol. The number of anilines is 1. The molecule has 0 unspecified atom stereocenters. The van der Waals surface area contributed by atoms with Gasteiger partial charge in [0.25, 0.3) is 11.7 Å². The van der Waals surface area contributed by atoms with Gasteiger partial charge in [-0.15, -0.1) is 0 Å². The van der Waals surface area contributed by atoms with Gasteiger partial charge >= 0.3 is 0 Å². The van der Waals surface area contributed by atoms with Crippen molar-refractivity contribution in [3.8, 4) is 5.75 Å². The van der Waals surface area contributed by atoms with Crippen molar-refractivity contribution < 1.29 is 27.1 Å².